The first kappa shape index (κ1) is 13.4. The van der Waals surface area contributed by atoms with E-state index in [2.05, 4.69) is 4.98 Å². The van der Waals surface area contributed by atoms with Gasteiger partial charge in [-0.1, -0.05) is 0 Å². The summed E-state index contributed by atoms with van der Waals surface area (Å²) in [6.07, 6.45) is 3.41. The van der Waals surface area contributed by atoms with Crippen molar-refractivity contribution in [2.24, 2.45) is 5.41 Å². The van der Waals surface area contributed by atoms with Crippen molar-refractivity contribution in [2.45, 2.75) is 32.7 Å². The van der Waals surface area contributed by atoms with Gasteiger partial charge >= 0.3 is 0 Å². The van der Waals surface area contributed by atoms with Crippen molar-refractivity contribution >= 4 is 17.0 Å². The van der Waals surface area contributed by atoms with Gasteiger partial charge in [0.05, 0.1) is 11.0 Å². The Balaban J connectivity index is 1.95. The van der Waals surface area contributed by atoms with Gasteiger partial charge in [0.15, 0.2) is 0 Å². The van der Waals surface area contributed by atoms with Crippen molar-refractivity contribution in [3.05, 3.63) is 23.5 Å². The Kier molecular flexibility index (Phi) is 3.17. The monoisotopic (exact) mass is 277 g/mol. The number of aromatic nitrogens is 2. The van der Waals surface area contributed by atoms with E-state index in [0.29, 0.717) is 17.0 Å². The van der Waals surface area contributed by atoms with Gasteiger partial charge in [0.2, 0.25) is 5.95 Å². The summed E-state index contributed by atoms with van der Waals surface area (Å²) in [5.74, 6) is 0.233. The second kappa shape index (κ2) is 4.74. The fourth-order valence-electron chi connectivity index (χ4n) is 2.75. The highest BCUT2D eigenvalue weighted by atomic mass is 19.1. The highest BCUT2D eigenvalue weighted by molar-refractivity contribution is 5.79. The lowest BCUT2D eigenvalue weighted by molar-refractivity contribution is 0.167. The molecule has 1 saturated carbocycles. The molecule has 1 heterocycles. The summed E-state index contributed by atoms with van der Waals surface area (Å²) in [6, 6.07) is 3.30. The molecule has 1 aliphatic carbocycles. The predicted molar refractivity (Wildman–Crippen MR) is 77.0 cm³/mol. The number of ether oxygens (including phenoxy) is 1. The van der Waals surface area contributed by atoms with Crippen molar-refractivity contribution in [1.82, 2.24) is 9.55 Å². The molecule has 0 bridgehead atoms. The molecule has 0 saturated heterocycles. The maximum Gasteiger partial charge on any atom is 0.201 e. The maximum atomic E-state index is 13.6. The molecule has 0 aliphatic heterocycles. The number of benzene rings is 1. The van der Waals surface area contributed by atoms with Gasteiger partial charge in [-0.2, -0.15) is 0 Å². The summed E-state index contributed by atoms with van der Waals surface area (Å²) >= 11 is 0. The zero-order chi connectivity index (χ0) is 14.3. The molecule has 0 unspecified atom stereocenters. The van der Waals surface area contributed by atoms with E-state index in [9.17, 15) is 4.39 Å². The van der Waals surface area contributed by atoms with Gasteiger partial charge in [0, 0.05) is 26.3 Å². The summed E-state index contributed by atoms with van der Waals surface area (Å²) in [7, 11) is 1.73. The molecule has 20 heavy (non-hydrogen) atoms. The van der Waals surface area contributed by atoms with Crippen LogP contribution in [0.4, 0.5) is 10.3 Å². The first-order valence-electron chi connectivity index (χ1n) is 6.95. The van der Waals surface area contributed by atoms with Crippen LogP contribution in [0.5, 0.6) is 0 Å². The molecule has 4 nitrogen and oxygen atoms in total. The predicted octanol–water partition coefficient (Wildman–Crippen LogP) is 2.88. The van der Waals surface area contributed by atoms with Crippen molar-refractivity contribution in [3.63, 3.8) is 0 Å². The maximum absolute atomic E-state index is 13.6. The summed E-state index contributed by atoms with van der Waals surface area (Å²) in [5, 5.41) is 0. The Hall–Kier alpha value is -1.62. The van der Waals surface area contributed by atoms with Crippen LogP contribution < -0.4 is 5.73 Å². The molecule has 2 aromatic rings. The number of hydrogen-bond donors (Lipinski definition) is 1. The molecule has 1 aromatic heterocycles. The van der Waals surface area contributed by atoms with E-state index in [0.717, 1.165) is 25.1 Å². The van der Waals surface area contributed by atoms with E-state index in [1.807, 2.05) is 10.6 Å². The number of hydrogen-bond acceptors (Lipinski definition) is 3. The normalized spacial score (nSPS) is 16.8. The second-order valence-electron chi connectivity index (χ2n) is 5.89. The molecule has 3 rings (SSSR count). The zero-order valence-corrected chi connectivity index (χ0v) is 11.9. The van der Waals surface area contributed by atoms with Crippen molar-refractivity contribution in [1.29, 1.82) is 0 Å². The average Bonchev–Trinajstić information content (AvgIpc) is 3.12. The van der Waals surface area contributed by atoms with E-state index >= 15 is 0 Å². The largest absolute Gasteiger partial charge is 0.385 e. The first-order chi connectivity index (χ1) is 9.54. The fraction of sp³-hybridized carbons (Fsp3) is 0.533. The van der Waals surface area contributed by atoms with Crippen molar-refractivity contribution < 1.29 is 9.13 Å². The minimum atomic E-state index is -0.234. The minimum Gasteiger partial charge on any atom is -0.385 e. The number of halogens is 1. The molecular formula is C15H20FN3O. The molecular weight excluding hydrogens is 257 g/mol. The van der Waals surface area contributed by atoms with E-state index in [1.165, 1.54) is 18.9 Å². The van der Waals surface area contributed by atoms with Gasteiger partial charge in [-0.05, 0) is 43.2 Å². The standard InChI is InChI=1S/C15H20FN3O/c1-10-7-13-12(8-11(10)16)18-14(17)19(13)9-15(3-4-15)5-6-20-2/h7-8H,3-6,9H2,1-2H3,(H2,17,18). The van der Waals surface area contributed by atoms with Gasteiger partial charge in [0.25, 0.3) is 0 Å². The topological polar surface area (TPSA) is 53.1 Å². The molecule has 0 spiro atoms. The Morgan fingerprint density at radius 1 is 1.45 bits per heavy atom. The average molecular weight is 277 g/mol. The summed E-state index contributed by atoms with van der Waals surface area (Å²) in [5.41, 5.74) is 8.47. The summed E-state index contributed by atoms with van der Waals surface area (Å²) < 4.78 is 20.8. The molecule has 1 aromatic carbocycles. The first-order valence-corrected chi connectivity index (χ1v) is 6.95. The van der Waals surface area contributed by atoms with Gasteiger partial charge in [-0.3, -0.25) is 0 Å². The SMILES string of the molecule is COCCC1(Cn2c(N)nc3cc(F)c(C)cc32)CC1. The highest BCUT2D eigenvalue weighted by Gasteiger charge is 2.42. The van der Waals surface area contributed by atoms with E-state index in [4.69, 9.17) is 10.5 Å². The number of anilines is 1. The molecule has 0 amide bonds. The smallest absolute Gasteiger partial charge is 0.201 e. The van der Waals surface area contributed by atoms with Crippen LogP contribution in [0.2, 0.25) is 0 Å². The van der Waals surface area contributed by atoms with Crippen molar-refractivity contribution in [2.75, 3.05) is 19.5 Å². The number of nitrogens with zero attached hydrogens (tertiary/aromatic N) is 2. The van der Waals surface area contributed by atoms with E-state index in [1.54, 1.807) is 14.0 Å². The molecule has 0 atom stereocenters. The number of fused-ring (bicyclic) bond motifs is 1. The Bertz CT molecular complexity index is 646. The van der Waals surface area contributed by atoms with Crippen LogP contribution in [-0.4, -0.2) is 23.3 Å². The van der Waals surface area contributed by atoms with Crippen molar-refractivity contribution in [3.8, 4) is 0 Å². The third kappa shape index (κ3) is 2.26. The number of imidazole rings is 1. The molecule has 1 aliphatic rings. The van der Waals surface area contributed by atoms with Crippen LogP contribution in [0, 0.1) is 18.2 Å². The highest BCUT2D eigenvalue weighted by Crippen LogP contribution is 2.50. The van der Waals surface area contributed by atoms with Gasteiger partial charge in [0.1, 0.15) is 5.82 Å². The number of methoxy groups -OCH3 is 1. The minimum absolute atomic E-state index is 0.234. The van der Waals surface area contributed by atoms with E-state index in [-0.39, 0.29) is 11.2 Å². The quantitative estimate of drug-likeness (QED) is 0.914. The van der Waals surface area contributed by atoms with Crippen LogP contribution in [0.3, 0.4) is 0 Å². The number of nitrogens with two attached hydrogens (primary N) is 1. The lowest BCUT2D eigenvalue weighted by Gasteiger charge is -2.17. The van der Waals surface area contributed by atoms with Gasteiger partial charge in [-0.15, -0.1) is 0 Å². The van der Waals surface area contributed by atoms with E-state index < -0.39 is 0 Å². The Labute approximate surface area is 117 Å². The number of nitrogen functional groups attached to an aromatic ring is 1. The molecule has 1 fully saturated rings. The van der Waals surface area contributed by atoms with Crippen LogP contribution in [0.25, 0.3) is 11.0 Å². The lowest BCUT2D eigenvalue weighted by atomic mass is 10.0. The van der Waals surface area contributed by atoms with Crippen LogP contribution in [0.15, 0.2) is 12.1 Å². The summed E-state index contributed by atoms with van der Waals surface area (Å²) in [6.45, 7) is 3.37. The van der Waals surface area contributed by atoms with Gasteiger partial charge < -0.3 is 15.0 Å². The van der Waals surface area contributed by atoms with Crippen LogP contribution in [0.1, 0.15) is 24.8 Å². The molecule has 108 valence electrons. The zero-order valence-electron chi connectivity index (χ0n) is 11.9. The Morgan fingerprint density at radius 2 is 2.20 bits per heavy atom. The molecule has 0 radical (unpaired) electrons. The number of rotatable bonds is 5. The van der Waals surface area contributed by atoms with Crippen LogP contribution >= 0.6 is 0 Å². The third-order valence-electron chi connectivity index (χ3n) is 4.35. The molecule has 5 heteroatoms. The lowest BCUT2D eigenvalue weighted by Crippen LogP contribution is -2.15. The fourth-order valence-corrected chi connectivity index (χ4v) is 2.75. The third-order valence-corrected chi connectivity index (χ3v) is 4.35. The second-order valence-corrected chi connectivity index (χ2v) is 5.89. The van der Waals surface area contributed by atoms with Crippen LogP contribution in [-0.2, 0) is 11.3 Å². The van der Waals surface area contributed by atoms with Gasteiger partial charge in [-0.25, -0.2) is 9.37 Å². The summed E-state index contributed by atoms with van der Waals surface area (Å²) in [4.78, 5) is 4.28. The molecule has 2 N–H and O–H groups in total. The number of aryl methyl sites for hydroxylation is 1. The Morgan fingerprint density at radius 3 is 2.85 bits per heavy atom.